The first kappa shape index (κ1) is 23.6. The van der Waals surface area contributed by atoms with E-state index in [1.54, 1.807) is 11.8 Å². The van der Waals surface area contributed by atoms with Gasteiger partial charge in [0.1, 0.15) is 11.6 Å². The maximum absolute atomic E-state index is 13.1. The maximum Gasteiger partial charge on any atom is 0.238 e. The molecule has 176 valence electrons. The largest absolute Gasteiger partial charge is 0.497 e. The van der Waals surface area contributed by atoms with Crippen LogP contribution in [0.15, 0.2) is 65.8 Å². The molecule has 0 unspecified atom stereocenters. The van der Waals surface area contributed by atoms with Crippen molar-refractivity contribution in [3.63, 3.8) is 0 Å². The lowest BCUT2D eigenvalue weighted by Gasteiger charge is -2.14. The number of anilines is 1. The molecular formula is C25H28N6O2S. The van der Waals surface area contributed by atoms with Gasteiger partial charge in [-0.25, -0.2) is 9.67 Å². The van der Waals surface area contributed by atoms with E-state index in [0.29, 0.717) is 16.8 Å². The summed E-state index contributed by atoms with van der Waals surface area (Å²) in [6.45, 7) is 8.12. The summed E-state index contributed by atoms with van der Waals surface area (Å²) in [5, 5.41) is 15.1. The number of aromatic amines is 1. The first-order valence-corrected chi connectivity index (χ1v) is 11.8. The summed E-state index contributed by atoms with van der Waals surface area (Å²) < 4.78 is 6.96. The predicted molar refractivity (Wildman–Crippen MR) is 135 cm³/mol. The number of hydrogen-bond acceptors (Lipinski definition) is 6. The Labute approximate surface area is 203 Å². The number of benzene rings is 2. The number of hydrogen-bond donors (Lipinski definition) is 2. The molecule has 1 atom stereocenters. The highest BCUT2D eigenvalue weighted by atomic mass is 32.2. The van der Waals surface area contributed by atoms with E-state index < -0.39 is 5.25 Å². The Hall–Kier alpha value is -3.59. The van der Waals surface area contributed by atoms with Crippen LogP contribution >= 0.6 is 11.8 Å². The summed E-state index contributed by atoms with van der Waals surface area (Å²) in [4.78, 5) is 17.6. The van der Waals surface area contributed by atoms with Crippen LogP contribution in [0.25, 0.3) is 17.1 Å². The minimum absolute atomic E-state index is 0.154. The number of para-hydroxylation sites is 1. The Morgan fingerprint density at radius 1 is 1.12 bits per heavy atom. The lowest BCUT2D eigenvalue weighted by molar-refractivity contribution is -0.115. The van der Waals surface area contributed by atoms with E-state index in [1.807, 2.05) is 67.6 Å². The molecule has 34 heavy (non-hydrogen) atoms. The molecule has 8 nitrogen and oxygen atoms in total. The second kappa shape index (κ2) is 9.72. The van der Waals surface area contributed by atoms with Crippen LogP contribution in [-0.4, -0.2) is 43.2 Å². The molecule has 9 heteroatoms. The molecule has 0 fully saturated rings. The van der Waals surface area contributed by atoms with Crippen LogP contribution in [-0.2, 0) is 10.2 Å². The van der Waals surface area contributed by atoms with Gasteiger partial charge < -0.3 is 10.1 Å². The third-order valence-corrected chi connectivity index (χ3v) is 6.17. The van der Waals surface area contributed by atoms with Gasteiger partial charge in [-0.15, -0.1) is 5.10 Å². The Morgan fingerprint density at radius 2 is 1.82 bits per heavy atom. The molecule has 0 aliphatic heterocycles. The summed E-state index contributed by atoms with van der Waals surface area (Å²) in [6, 6.07) is 19.2. The molecule has 2 aromatic carbocycles. The van der Waals surface area contributed by atoms with E-state index in [-0.39, 0.29) is 11.3 Å². The summed E-state index contributed by atoms with van der Waals surface area (Å²) in [6.07, 6.45) is 0. The normalized spacial score (nSPS) is 12.4. The van der Waals surface area contributed by atoms with Crippen molar-refractivity contribution in [2.75, 3.05) is 12.4 Å². The molecule has 0 bridgehead atoms. The van der Waals surface area contributed by atoms with Crippen molar-refractivity contribution in [1.82, 2.24) is 25.0 Å². The van der Waals surface area contributed by atoms with E-state index in [9.17, 15) is 4.79 Å². The van der Waals surface area contributed by atoms with Crippen LogP contribution in [0.3, 0.4) is 0 Å². The van der Waals surface area contributed by atoms with Crippen LogP contribution < -0.4 is 10.1 Å². The van der Waals surface area contributed by atoms with E-state index in [0.717, 1.165) is 22.7 Å². The van der Waals surface area contributed by atoms with Crippen molar-refractivity contribution in [3.8, 4) is 22.8 Å². The number of thioether (sulfide) groups is 1. The number of H-pyrrole nitrogens is 1. The molecular weight excluding hydrogens is 448 g/mol. The lowest BCUT2D eigenvalue weighted by Crippen LogP contribution is -2.24. The number of carbonyl (C=O) groups is 1. The molecule has 2 N–H and O–H groups in total. The zero-order chi connectivity index (χ0) is 24.3. The highest BCUT2D eigenvalue weighted by molar-refractivity contribution is 8.00. The smallest absolute Gasteiger partial charge is 0.238 e. The predicted octanol–water partition coefficient (Wildman–Crippen LogP) is 5.08. The van der Waals surface area contributed by atoms with E-state index in [2.05, 4.69) is 41.3 Å². The first-order chi connectivity index (χ1) is 16.2. The van der Waals surface area contributed by atoms with Gasteiger partial charge in [0.2, 0.25) is 11.1 Å². The second-order valence-corrected chi connectivity index (χ2v) is 10.2. The van der Waals surface area contributed by atoms with Crippen molar-refractivity contribution < 1.29 is 9.53 Å². The minimum Gasteiger partial charge on any atom is -0.497 e. The summed E-state index contributed by atoms with van der Waals surface area (Å²) >= 11 is 1.29. The Bertz CT molecular complexity index is 1260. The zero-order valence-corrected chi connectivity index (χ0v) is 20.7. The topological polar surface area (TPSA) is 97.7 Å². The summed E-state index contributed by atoms with van der Waals surface area (Å²) in [5.41, 5.74) is 2.51. The molecule has 2 aromatic heterocycles. The average molecular weight is 477 g/mol. The molecule has 4 rings (SSSR count). The molecule has 0 aliphatic rings. The standard InChI is InChI=1S/C25H28N6O2S/c1-16(34-24-27-22(28-29-24)17-11-13-19(33-5)14-12-17)23(32)26-21-15-20(25(2,3)4)30-31(21)18-9-7-6-8-10-18/h6-16H,1-5H3,(H,26,32)(H,27,28,29)/t16-/m1/s1. The monoisotopic (exact) mass is 476 g/mol. The third kappa shape index (κ3) is 5.31. The van der Waals surface area contributed by atoms with Crippen LogP contribution in [0.1, 0.15) is 33.4 Å². The van der Waals surface area contributed by atoms with E-state index in [4.69, 9.17) is 9.84 Å². The average Bonchev–Trinajstić information content (AvgIpc) is 3.47. The molecule has 0 saturated heterocycles. The number of methoxy groups -OCH3 is 1. The zero-order valence-electron chi connectivity index (χ0n) is 19.9. The molecule has 0 saturated carbocycles. The Balaban J connectivity index is 1.49. The molecule has 4 aromatic rings. The van der Waals surface area contributed by atoms with Gasteiger partial charge in [0.05, 0.1) is 23.7 Å². The molecule has 0 spiro atoms. The van der Waals surface area contributed by atoms with Crippen molar-refractivity contribution in [3.05, 3.63) is 66.4 Å². The number of nitrogens with one attached hydrogen (secondary N) is 2. The number of carbonyl (C=O) groups excluding carboxylic acids is 1. The van der Waals surface area contributed by atoms with Gasteiger partial charge in [0, 0.05) is 17.0 Å². The van der Waals surface area contributed by atoms with Gasteiger partial charge in [0.25, 0.3) is 0 Å². The van der Waals surface area contributed by atoms with Crippen LogP contribution in [0.2, 0.25) is 0 Å². The molecule has 2 heterocycles. The van der Waals surface area contributed by atoms with Crippen molar-refractivity contribution >= 4 is 23.5 Å². The Kier molecular flexibility index (Phi) is 6.74. The molecule has 0 aliphatic carbocycles. The van der Waals surface area contributed by atoms with Gasteiger partial charge in [-0.05, 0) is 43.3 Å². The van der Waals surface area contributed by atoms with Crippen LogP contribution in [0.4, 0.5) is 5.82 Å². The SMILES string of the molecule is COc1ccc(-c2nc(S[C@H](C)C(=O)Nc3cc(C(C)(C)C)nn3-c3ccccc3)n[nH]2)cc1. The van der Waals surface area contributed by atoms with E-state index >= 15 is 0 Å². The van der Waals surface area contributed by atoms with Crippen LogP contribution in [0.5, 0.6) is 5.75 Å². The highest BCUT2D eigenvalue weighted by Crippen LogP contribution is 2.28. The fraction of sp³-hybridized carbons (Fsp3) is 0.280. The maximum atomic E-state index is 13.1. The second-order valence-electron chi connectivity index (χ2n) is 8.86. The molecule has 1 amide bonds. The van der Waals surface area contributed by atoms with Crippen molar-refractivity contribution in [2.45, 2.75) is 43.5 Å². The quantitative estimate of drug-likeness (QED) is 0.361. The van der Waals surface area contributed by atoms with Crippen molar-refractivity contribution in [1.29, 1.82) is 0 Å². The number of nitrogens with zero attached hydrogens (tertiary/aromatic N) is 4. The fourth-order valence-electron chi connectivity index (χ4n) is 3.22. The number of ether oxygens (including phenoxy) is 1. The minimum atomic E-state index is -0.420. The number of aromatic nitrogens is 5. The van der Waals surface area contributed by atoms with E-state index in [1.165, 1.54) is 11.8 Å². The van der Waals surface area contributed by atoms with Gasteiger partial charge in [-0.1, -0.05) is 50.7 Å². The summed E-state index contributed by atoms with van der Waals surface area (Å²) in [7, 11) is 1.63. The number of rotatable bonds is 7. The van der Waals surface area contributed by atoms with Crippen molar-refractivity contribution in [2.24, 2.45) is 0 Å². The summed E-state index contributed by atoms with van der Waals surface area (Å²) in [5.74, 6) is 1.88. The lowest BCUT2D eigenvalue weighted by atomic mass is 9.92. The van der Waals surface area contributed by atoms with Gasteiger partial charge >= 0.3 is 0 Å². The third-order valence-electron chi connectivity index (χ3n) is 5.21. The first-order valence-electron chi connectivity index (χ1n) is 10.9. The fourth-order valence-corrected chi connectivity index (χ4v) is 3.94. The Morgan fingerprint density at radius 3 is 2.47 bits per heavy atom. The van der Waals surface area contributed by atoms with Gasteiger partial charge in [-0.2, -0.15) is 5.10 Å². The molecule has 0 radical (unpaired) electrons. The highest BCUT2D eigenvalue weighted by Gasteiger charge is 2.24. The van der Waals surface area contributed by atoms with Gasteiger partial charge in [0.15, 0.2) is 5.82 Å². The number of amides is 1. The van der Waals surface area contributed by atoms with Gasteiger partial charge in [-0.3, -0.25) is 9.89 Å². The van der Waals surface area contributed by atoms with Crippen LogP contribution in [0, 0.1) is 0 Å².